The topological polar surface area (TPSA) is 72.8 Å². The Kier molecular flexibility index (Phi) is 5.01. The summed E-state index contributed by atoms with van der Waals surface area (Å²) in [6.07, 6.45) is 2.25. The molecule has 1 aromatic carbocycles. The third-order valence-corrected chi connectivity index (χ3v) is 3.70. The molecule has 5 heteroatoms. The van der Waals surface area contributed by atoms with E-state index in [0.29, 0.717) is 11.5 Å². The van der Waals surface area contributed by atoms with E-state index in [1.807, 2.05) is 19.9 Å². The van der Waals surface area contributed by atoms with Gasteiger partial charge in [0.25, 0.3) is 0 Å². The lowest BCUT2D eigenvalue weighted by Gasteiger charge is -2.22. The standard InChI is InChI=1S/C18H20O5/c1-10(2)5-6-12(19)11-9-13(20)16-14(22-3)7-8-15(23-4)17(16)18(11)21/h5,7-9,12,19H,6H2,1-4H3/t12-/m1/s1. The summed E-state index contributed by atoms with van der Waals surface area (Å²) in [4.78, 5) is 25.2. The summed E-state index contributed by atoms with van der Waals surface area (Å²) in [6, 6.07) is 3.16. The molecule has 0 saturated carbocycles. The second-order valence-electron chi connectivity index (χ2n) is 5.55. The normalized spacial score (nSPS) is 14.7. The number of methoxy groups -OCH3 is 2. The average molecular weight is 316 g/mol. The number of aliphatic hydroxyl groups excluding tert-OH is 1. The van der Waals surface area contributed by atoms with Crippen molar-refractivity contribution in [3.05, 3.63) is 46.6 Å². The zero-order valence-electron chi connectivity index (χ0n) is 13.7. The van der Waals surface area contributed by atoms with Gasteiger partial charge in [-0.2, -0.15) is 0 Å². The summed E-state index contributed by atoms with van der Waals surface area (Å²) < 4.78 is 10.4. The monoisotopic (exact) mass is 316 g/mol. The molecule has 0 spiro atoms. The molecule has 23 heavy (non-hydrogen) atoms. The molecule has 1 aliphatic carbocycles. The van der Waals surface area contributed by atoms with Crippen LogP contribution in [0, 0.1) is 0 Å². The first-order valence-corrected chi connectivity index (χ1v) is 7.27. The van der Waals surface area contributed by atoms with Gasteiger partial charge in [-0.05, 0) is 38.5 Å². The van der Waals surface area contributed by atoms with Gasteiger partial charge in [0.15, 0.2) is 11.6 Å². The predicted molar refractivity (Wildman–Crippen MR) is 86.3 cm³/mol. The number of ketones is 2. The molecular weight excluding hydrogens is 296 g/mol. The number of carbonyl (C=O) groups excluding carboxylic acids is 2. The number of allylic oxidation sites excluding steroid dienone is 2. The van der Waals surface area contributed by atoms with E-state index in [-0.39, 0.29) is 28.9 Å². The second kappa shape index (κ2) is 6.79. The minimum absolute atomic E-state index is 0.0755. The summed E-state index contributed by atoms with van der Waals surface area (Å²) in [5, 5.41) is 10.3. The molecule has 0 unspecified atom stereocenters. The smallest absolute Gasteiger partial charge is 0.196 e. The van der Waals surface area contributed by atoms with Crippen LogP contribution in [0.5, 0.6) is 11.5 Å². The van der Waals surface area contributed by atoms with Crippen LogP contribution in [0.2, 0.25) is 0 Å². The van der Waals surface area contributed by atoms with Crippen molar-refractivity contribution < 1.29 is 24.2 Å². The van der Waals surface area contributed by atoms with Crippen LogP contribution in [0.3, 0.4) is 0 Å². The number of hydrogen-bond donors (Lipinski definition) is 1. The van der Waals surface area contributed by atoms with E-state index in [2.05, 4.69) is 0 Å². The zero-order chi connectivity index (χ0) is 17.1. The first kappa shape index (κ1) is 17.0. The fourth-order valence-electron chi connectivity index (χ4n) is 2.52. The van der Waals surface area contributed by atoms with Crippen LogP contribution in [0.25, 0.3) is 0 Å². The highest BCUT2D eigenvalue weighted by molar-refractivity contribution is 6.27. The van der Waals surface area contributed by atoms with Gasteiger partial charge in [-0.3, -0.25) is 9.59 Å². The Hall–Kier alpha value is -2.40. The summed E-state index contributed by atoms with van der Waals surface area (Å²) in [6.45, 7) is 3.80. The Morgan fingerprint density at radius 1 is 1.13 bits per heavy atom. The SMILES string of the molecule is COc1ccc(OC)c2c1C(=O)C=C([C@H](O)CC=C(C)C)C2=O. The van der Waals surface area contributed by atoms with E-state index in [9.17, 15) is 14.7 Å². The lowest BCUT2D eigenvalue weighted by Crippen LogP contribution is -2.26. The predicted octanol–water partition coefficient (Wildman–Crippen LogP) is 2.73. The van der Waals surface area contributed by atoms with Crippen molar-refractivity contribution >= 4 is 11.6 Å². The number of ether oxygens (including phenoxy) is 2. The highest BCUT2D eigenvalue weighted by Crippen LogP contribution is 2.36. The minimum atomic E-state index is -1.04. The Labute approximate surface area is 135 Å². The highest BCUT2D eigenvalue weighted by atomic mass is 16.5. The molecule has 0 bridgehead atoms. The molecule has 1 aromatic rings. The molecule has 2 rings (SSSR count). The van der Waals surface area contributed by atoms with Gasteiger partial charge in [0.1, 0.15) is 11.5 Å². The highest BCUT2D eigenvalue weighted by Gasteiger charge is 2.34. The van der Waals surface area contributed by atoms with Gasteiger partial charge >= 0.3 is 0 Å². The van der Waals surface area contributed by atoms with E-state index in [1.54, 1.807) is 12.1 Å². The third-order valence-electron chi connectivity index (χ3n) is 3.70. The van der Waals surface area contributed by atoms with Crippen LogP contribution < -0.4 is 9.47 Å². The van der Waals surface area contributed by atoms with Crippen LogP contribution in [0.4, 0.5) is 0 Å². The first-order chi connectivity index (χ1) is 10.9. The molecule has 0 amide bonds. The van der Waals surface area contributed by atoms with E-state index >= 15 is 0 Å². The largest absolute Gasteiger partial charge is 0.496 e. The molecule has 5 nitrogen and oxygen atoms in total. The van der Waals surface area contributed by atoms with Crippen molar-refractivity contribution in [2.45, 2.75) is 26.4 Å². The lowest BCUT2D eigenvalue weighted by atomic mass is 9.85. The summed E-state index contributed by atoms with van der Waals surface area (Å²) in [5.74, 6) is -0.181. The van der Waals surface area contributed by atoms with Crippen LogP contribution >= 0.6 is 0 Å². The summed E-state index contributed by atoms with van der Waals surface area (Å²) >= 11 is 0. The zero-order valence-corrected chi connectivity index (χ0v) is 13.7. The molecular formula is C18H20O5. The van der Waals surface area contributed by atoms with Crippen molar-refractivity contribution in [3.8, 4) is 11.5 Å². The Balaban J connectivity index is 2.52. The number of benzene rings is 1. The molecule has 0 fully saturated rings. The number of Topliss-reactive ketones (excluding diaryl/α,β-unsaturated/α-hetero) is 1. The number of rotatable bonds is 5. The van der Waals surface area contributed by atoms with E-state index < -0.39 is 11.9 Å². The van der Waals surface area contributed by atoms with Gasteiger partial charge in [-0.25, -0.2) is 0 Å². The van der Waals surface area contributed by atoms with E-state index in [1.165, 1.54) is 20.3 Å². The number of aliphatic hydroxyl groups is 1. The molecule has 1 N–H and O–H groups in total. The third kappa shape index (κ3) is 3.19. The van der Waals surface area contributed by atoms with Crippen molar-refractivity contribution in [1.29, 1.82) is 0 Å². The van der Waals surface area contributed by atoms with Crippen LogP contribution in [-0.4, -0.2) is 37.0 Å². The first-order valence-electron chi connectivity index (χ1n) is 7.27. The molecule has 0 aliphatic heterocycles. The summed E-state index contributed by atoms with van der Waals surface area (Å²) in [5.41, 5.74) is 1.42. The van der Waals surface area contributed by atoms with Crippen molar-refractivity contribution in [3.63, 3.8) is 0 Å². The Morgan fingerprint density at radius 3 is 2.22 bits per heavy atom. The number of carbonyl (C=O) groups is 2. The van der Waals surface area contributed by atoms with Crippen molar-refractivity contribution in [1.82, 2.24) is 0 Å². The molecule has 0 radical (unpaired) electrons. The van der Waals surface area contributed by atoms with Gasteiger partial charge in [0.05, 0.1) is 31.5 Å². The average Bonchev–Trinajstić information content (AvgIpc) is 2.54. The van der Waals surface area contributed by atoms with Gasteiger partial charge in [-0.15, -0.1) is 0 Å². The fraction of sp³-hybridized carbons (Fsp3) is 0.333. The second-order valence-corrected chi connectivity index (χ2v) is 5.55. The molecule has 0 heterocycles. The van der Waals surface area contributed by atoms with Crippen LogP contribution in [0.1, 0.15) is 41.0 Å². The van der Waals surface area contributed by atoms with Gasteiger partial charge in [0.2, 0.25) is 0 Å². The summed E-state index contributed by atoms with van der Waals surface area (Å²) in [7, 11) is 2.86. The van der Waals surface area contributed by atoms with Crippen molar-refractivity contribution in [2.24, 2.45) is 0 Å². The molecule has 0 aromatic heterocycles. The van der Waals surface area contributed by atoms with Gasteiger partial charge in [-0.1, -0.05) is 11.6 Å². The number of fused-ring (bicyclic) bond motifs is 1. The van der Waals surface area contributed by atoms with Crippen LogP contribution in [0.15, 0.2) is 35.4 Å². The Bertz CT molecular complexity index is 708. The maximum Gasteiger partial charge on any atom is 0.196 e. The quantitative estimate of drug-likeness (QED) is 0.846. The van der Waals surface area contributed by atoms with Crippen LogP contribution in [-0.2, 0) is 0 Å². The molecule has 1 atom stereocenters. The van der Waals surface area contributed by atoms with Crippen molar-refractivity contribution in [2.75, 3.05) is 14.2 Å². The molecule has 122 valence electrons. The molecule has 0 saturated heterocycles. The maximum atomic E-state index is 12.8. The van der Waals surface area contributed by atoms with Gasteiger partial charge < -0.3 is 14.6 Å². The Morgan fingerprint density at radius 2 is 1.70 bits per heavy atom. The van der Waals surface area contributed by atoms with Gasteiger partial charge in [0, 0.05) is 5.57 Å². The fourth-order valence-corrected chi connectivity index (χ4v) is 2.52. The van der Waals surface area contributed by atoms with E-state index in [0.717, 1.165) is 5.57 Å². The van der Waals surface area contributed by atoms with E-state index in [4.69, 9.17) is 9.47 Å². The molecule has 1 aliphatic rings. The maximum absolute atomic E-state index is 12.8. The number of hydrogen-bond acceptors (Lipinski definition) is 5. The minimum Gasteiger partial charge on any atom is -0.496 e. The lowest BCUT2D eigenvalue weighted by molar-refractivity contribution is 0.0943.